The molecule has 1 atom stereocenters. The molecule has 5 nitrogen and oxygen atoms in total. The highest BCUT2D eigenvalue weighted by molar-refractivity contribution is 5.84. The molecule has 1 heterocycles. The van der Waals surface area contributed by atoms with Crippen LogP contribution in [0.1, 0.15) is 40.0 Å². The van der Waals surface area contributed by atoms with Gasteiger partial charge < -0.3 is 10.2 Å². The van der Waals surface area contributed by atoms with E-state index in [0.29, 0.717) is 25.8 Å². The minimum Gasteiger partial charge on any atom is -0.479 e. The quantitative estimate of drug-likeness (QED) is 0.759. The van der Waals surface area contributed by atoms with Crippen LogP contribution in [0.5, 0.6) is 0 Å². The lowest BCUT2D eigenvalue weighted by molar-refractivity contribution is -0.150. The lowest BCUT2D eigenvalue weighted by atomic mass is 9.78. The first-order valence-electron chi connectivity index (χ1n) is 5.43. The summed E-state index contributed by atoms with van der Waals surface area (Å²) in [6.07, 6.45) is 0.242. The predicted molar refractivity (Wildman–Crippen MR) is 58.4 cm³/mol. The summed E-state index contributed by atoms with van der Waals surface area (Å²) in [6, 6.07) is 0. The van der Waals surface area contributed by atoms with Crippen molar-refractivity contribution in [2.24, 2.45) is 5.41 Å². The molecule has 1 aliphatic heterocycles. The van der Waals surface area contributed by atoms with Gasteiger partial charge in [0.15, 0.2) is 0 Å². The Morgan fingerprint density at radius 1 is 1.31 bits per heavy atom. The summed E-state index contributed by atoms with van der Waals surface area (Å²) in [5, 5.41) is 18.4. The molecule has 1 aliphatic rings. The third kappa shape index (κ3) is 2.28. The molecule has 2 N–H and O–H groups in total. The van der Waals surface area contributed by atoms with E-state index in [1.165, 1.54) is 0 Å². The molecular weight excluding hydrogens is 210 g/mol. The topological polar surface area (TPSA) is 77.8 Å². The van der Waals surface area contributed by atoms with Gasteiger partial charge in [0.05, 0.1) is 0 Å². The average Bonchev–Trinajstić information content (AvgIpc) is 2.45. The number of rotatable bonds is 2. The van der Waals surface area contributed by atoms with Gasteiger partial charge in [-0.25, -0.2) is 9.59 Å². The Hall–Kier alpha value is -1.26. The zero-order valence-corrected chi connectivity index (χ0v) is 9.99. The number of hydrogen-bond acceptors (Lipinski definition) is 2. The maximum atomic E-state index is 11.4. The SMILES string of the molecule is CC(C)(C)CC1(C(=O)O)CCCN1C(=O)O. The van der Waals surface area contributed by atoms with E-state index in [9.17, 15) is 14.7 Å². The molecule has 0 aliphatic carbocycles. The van der Waals surface area contributed by atoms with Crippen LogP contribution in [0.25, 0.3) is 0 Å². The Balaban J connectivity index is 3.05. The molecule has 0 aromatic heterocycles. The first-order chi connectivity index (χ1) is 7.19. The van der Waals surface area contributed by atoms with Crippen molar-refractivity contribution in [2.45, 2.75) is 45.6 Å². The van der Waals surface area contributed by atoms with Crippen LogP contribution in [-0.2, 0) is 4.79 Å². The Bertz CT molecular complexity index is 308. The highest BCUT2D eigenvalue weighted by atomic mass is 16.4. The number of likely N-dealkylation sites (tertiary alicyclic amines) is 1. The van der Waals surface area contributed by atoms with Gasteiger partial charge in [0.1, 0.15) is 5.54 Å². The molecule has 1 amide bonds. The lowest BCUT2D eigenvalue weighted by Gasteiger charge is -2.37. The zero-order chi connectivity index (χ0) is 12.6. The van der Waals surface area contributed by atoms with E-state index < -0.39 is 17.6 Å². The van der Waals surface area contributed by atoms with Crippen LogP contribution < -0.4 is 0 Å². The predicted octanol–water partition coefficient (Wildman–Crippen LogP) is 2.02. The van der Waals surface area contributed by atoms with Crippen molar-refractivity contribution in [1.29, 1.82) is 0 Å². The Morgan fingerprint density at radius 3 is 2.25 bits per heavy atom. The molecule has 0 aromatic rings. The minimum atomic E-state index is -1.23. The van der Waals surface area contributed by atoms with Crippen LogP contribution in [0, 0.1) is 5.41 Å². The van der Waals surface area contributed by atoms with E-state index in [-0.39, 0.29) is 5.41 Å². The maximum absolute atomic E-state index is 11.4. The molecule has 16 heavy (non-hydrogen) atoms. The summed E-state index contributed by atoms with van der Waals surface area (Å²) in [6.45, 7) is 6.10. The molecule has 0 spiro atoms. The maximum Gasteiger partial charge on any atom is 0.408 e. The number of hydrogen-bond donors (Lipinski definition) is 2. The number of carbonyl (C=O) groups is 2. The molecule has 1 rings (SSSR count). The normalized spacial score (nSPS) is 25.8. The Kier molecular flexibility index (Phi) is 3.17. The fraction of sp³-hybridized carbons (Fsp3) is 0.818. The van der Waals surface area contributed by atoms with Crippen molar-refractivity contribution in [1.82, 2.24) is 4.90 Å². The van der Waals surface area contributed by atoms with Gasteiger partial charge in [0, 0.05) is 6.54 Å². The van der Waals surface area contributed by atoms with E-state index in [1.807, 2.05) is 20.8 Å². The molecule has 0 aromatic carbocycles. The van der Waals surface area contributed by atoms with Crippen LogP contribution >= 0.6 is 0 Å². The number of carboxylic acid groups (broad SMARTS) is 2. The van der Waals surface area contributed by atoms with Gasteiger partial charge in [-0.1, -0.05) is 20.8 Å². The van der Waals surface area contributed by atoms with Crippen LogP contribution in [0.4, 0.5) is 4.79 Å². The first-order valence-corrected chi connectivity index (χ1v) is 5.43. The first kappa shape index (κ1) is 12.8. The minimum absolute atomic E-state index is 0.212. The summed E-state index contributed by atoms with van der Waals surface area (Å²) in [5.74, 6) is -1.03. The van der Waals surface area contributed by atoms with Gasteiger partial charge in [-0.15, -0.1) is 0 Å². The monoisotopic (exact) mass is 229 g/mol. The molecule has 1 saturated heterocycles. The second kappa shape index (κ2) is 3.96. The van der Waals surface area contributed by atoms with E-state index in [1.54, 1.807) is 0 Å². The fourth-order valence-electron chi connectivity index (χ4n) is 2.52. The molecular formula is C11H19NO4. The highest BCUT2D eigenvalue weighted by Crippen LogP contribution is 2.39. The number of nitrogens with zero attached hydrogens (tertiary/aromatic N) is 1. The van der Waals surface area contributed by atoms with Crippen LogP contribution in [-0.4, -0.2) is 39.3 Å². The average molecular weight is 229 g/mol. The van der Waals surface area contributed by atoms with Crippen molar-refractivity contribution in [3.8, 4) is 0 Å². The largest absolute Gasteiger partial charge is 0.479 e. The summed E-state index contributed by atoms with van der Waals surface area (Å²) < 4.78 is 0. The second-order valence-electron chi connectivity index (χ2n) is 5.61. The Labute approximate surface area is 95.1 Å². The molecule has 0 saturated carbocycles. The molecule has 0 bridgehead atoms. The zero-order valence-electron chi connectivity index (χ0n) is 9.99. The molecule has 1 fully saturated rings. The van der Waals surface area contributed by atoms with Crippen molar-refractivity contribution in [3.05, 3.63) is 0 Å². The molecule has 92 valence electrons. The lowest BCUT2D eigenvalue weighted by Crippen LogP contribution is -2.54. The third-order valence-corrected chi connectivity index (χ3v) is 2.94. The van der Waals surface area contributed by atoms with Crippen molar-refractivity contribution < 1.29 is 19.8 Å². The van der Waals surface area contributed by atoms with E-state index in [2.05, 4.69) is 0 Å². The van der Waals surface area contributed by atoms with Crippen LogP contribution in [0.2, 0.25) is 0 Å². The molecule has 1 unspecified atom stereocenters. The van der Waals surface area contributed by atoms with Crippen molar-refractivity contribution in [3.63, 3.8) is 0 Å². The van der Waals surface area contributed by atoms with Crippen LogP contribution in [0.3, 0.4) is 0 Å². The van der Waals surface area contributed by atoms with Gasteiger partial charge in [-0.2, -0.15) is 0 Å². The summed E-state index contributed by atoms with van der Waals surface area (Å²) in [5.41, 5.74) is -1.44. The summed E-state index contributed by atoms with van der Waals surface area (Å²) in [7, 11) is 0. The standard InChI is InChI=1S/C11H19NO4/c1-10(2,3)7-11(8(13)14)5-4-6-12(11)9(15)16/h4-7H2,1-3H3,(H,13,14)(H,15,16). The Morgan fingerprint density at radius 2 is 1.88 bits per heavy atom. The number of amides is 1. The van der Waals surface area contributed by atoms with Gasteiger partial charge in [0.25, 0.3) is 0 Å². The van der Waals surface area contributed by atoms with E-state index in [0.717, 1.165) is 4.90 Å². The summed E-state index contributed by atoms with van der Waals surface area (Å²) >= 11 is 0. The van der Waals surface area contributed by atoms with Crippen molar-refractivity contribution in [2.75, 3.05) is 6.54 Å². The van der Waals surface area contributed by atoms with Gasteiger partial charge >= 0.3 is 12.1 Å². The van der Waals surface area contributed by atoms with Crippen LogP contribution in [0.15, 0.2) is 0 Å². The smallest absolute Gasteiger partial charge is 0.408 e. The van der Waals surface area contributed by atoms with Gasteiger partial charge in [0.2, 0.25) is 0 Å². The van der Waals surface area contributed by atoms with Gasteiger partial charge in [-0.3, -0.25) is 4.90 Å². The van der Waals surface area contributed by atoms with Crippen molar-refractivity contribution >= 4 is 12.1 Å². The highest BCUT2D eigenvalue weighted by Gasteiger charge is 2.51. The van der Waals surface area contributed by atoms with E-state index in [4.69, 9.17) is 5.11 Å². The number of carboxylic acids is 1. The van der Waals surface area contributed by atoms with E-state index >= 15 is 0 Å². The van der Waals surface area contributed by atoms with Gasteiger partial charge in [-0.05, 0) is 24.7 Å². The molecule has 5 heteroatoms. The number of aliphatic carboxylic acids is 1. The molecule has 0 radical (unpaired) electrons. The third-order valence-electron chi connectivity index (χ3n) is 2.94. The fourth-order valence-corrected chi connectivity index (χ4v) is 2.52. The summed E-state index contributed by atoms with van der Waals surface area (Å²) in [4.78, 5) is 23.6. The second-order valence-corrected chi connectivity index (χ2v) is 5.61.